The topological polar surface area (TPSA) is 20.2 Å². The minimum atomic E-state index is -0.116. The molecule has 4 aliphatic rings. The lowest BCUT2D eigenvalue weighted by Gasteiger charge is -2.55. The molecule has 0 aromatic carbocycles. The van der Waals surface area contributed by atoms with Crippen LogP contribution in [0.3, 0.4) is 0 Å². The van der Waals surface area contributed by atoms with Gasteiger partial charge in [0.2, 0.25) is 0 Å². The summed E-state index contributed by atoms with van der Waals surface area (Å²) in [5.74, 6) is 4.38. The first-order chi connectivity index (χ1) is 13.7. The normalized spacial score (nSPS) is 44.0. The van der Waals surface area contributed by atoms with Crippen LogP contribution in [0.1, 0.15) is 86.5 Å². The van der Waals surface area contributed by atoms with Gasteiger partial charge < -0.3 is 5.11 Å². The largest absolute Gasteiger partial charge is 0.393 e. The molecule has 29 heavy (non-hydrogen) atoms. The summed E-state index contributed by atoms with van der Waals surface area (Å²) in [5, 5.41) is 10.2. The smallest absolute Gasteiger partial charge is 0.0578 e. The van der Waals surface area contributed by atoms with E-state index in [0.29, 0.717) is 22.7 Å². The van der Waals surface area contributed by atoms with Crippen LogP contribution in [-0.4, -0.2) is 11.2 Å². The lowest BCUT2D eigenvalue weighted by molar-refractivity contribution is 0.0382. The van der Waals surface area contributed by atoms with E-state index in [1.165, 1.54) is 37.7 Å². The Balaban J connectivity index is 1.57. The third kappa shape index (κ3) is 3.50. The van der Waals surface area contributed by atoms with Gasteiger partial charge in [-0.1, -0.05) is 77.0 Å². The van der Waals surface area contributed by atoms with Gasteiger partial charge in [-0.25, -0.2) is 0 Å². The number of allylic oxidation sites excluding steroid dienone is 5. The molecule has 8 atom stereocenters. The van der Waals surface area contributed by atoms with Gasteiger partial charge in [0.05, 0.1) is 6.10 Å². The minimum absolute atomic E-state index is 0.116. The number of rotatable bonds is 4. The fourth-order valence-electron chi connectivity index (χ4n) is 7.59. The molecule has 0 amide bonds. The molecular weight excluding hydrogens is 352 g/mol. The standard InChI is InChI=1S/C28H44O/c1-18(2)19(3)7-8-20(4)24-11-12-25-23-10-9-21-17-22(29)13-15-27(21,5)26(23)14-16-28(24,25)6/h7-10,18-20,22,24-26,29H,11-17H2,1-6H3/b8-7+/t19-,20+,22-,24?,25-,26-,27-,28+/m0/s1. The molecule has 1 unspecified atom stereocenters. The van der Waals surface area contributed by atoms with Crippen LogP contribution in [0.4, 0.5) is 0 Å². The Morgan fingerprint density at radius 1 is 0.931 bits per heavy atom. The van der Waals surface area contributed by atoms with Gasteiger partial charge in [0.25, 0.3) is 0 Å². The highest BCUT2D eigenvalue weighted by Crippen LogP contribution is 2.65. The molecule has 0 bridgehead atoms. The summed E-state index contributed by atoms with van der Waals surface area (Å²) in [6.07, 6.45) is 18.4. The van der Waals surface area contributed by atoms with Crippen molar-refractivity contribution in [3.8, 4) is 0 Å². The average Bonchev–Trinajstić information content (AvgIpc) is 3.03. The second kappa shape index (κ2) is 7.70. The first-order valence-corrected chi connectivity index (χ1v) is 12.4. The fourth-order valence-corrected chi connectivity index (χ4v) is 7.59. The summed E-state index contributed by atoms with van der Waals surface area (Å²) < 4.78 is 0. The van der Waals surface area contributed by atoms with Crippen molar-refractivity contribution in [3.05, 3.63) is 35.5 Å². The summed E-state index contributed by atoms with van der Waals surface area (Å²) in [7, 11) is 0. The lowest BCUT2D eigenvalue weighted by atomic mass is 9.50. The van der Waals surface area contributed by atoms with E-state index in [1.807, 2.05) is 0 Å². The molecule has 3 fully saturated rings. The SMILES string of the molecule is CC(C)[C@@H](C)/C=C/[C@@H](C)C1CC[C@H]2C3=CC=C4C[C@@H](O)CC[C@]4(C)[C@H]3CC[C@]12C. The zero-order chi connectivity index (χ0) is 21.0. The molecule has 0 spiro atoms. The maximum Gasteiger partial charge on any atom is 0.0578 e. The summed E-state index contributed by atoms with van der Waals surface area (Å²) in [6.45, 7) is 14.6. The zero-order valence-electron chi connectivity index (χ0n) is 19.7. The Bertz CT molecular complexity index is 712. The summed E-state index contributed by atoms with van der Waals surface area (Å²) in [5.41, 5.74) is 4.07. The van der Waals surface area contributed by atoms with Crippen LogP contribution in [0.5, 0.6) is 0 Å². The van der Waals surface area contributed by atoms with E-state index in [9.17, 15) is 5.11 Å². The molecule has 0 aliphatic heterocycles. The Morgan fingerprint density at radius 3 is 2.41 bits per heavy atom. The second-order valence-electron chi connectivity index (χ2n) is 11.9. The van der Waals surface area contributed by atoms with Crippen molar-refractivity contribution in [2.45, 2.75) is 92.6 Å². The van der Waals surface area contributed by atoms with Crippen LogP contribution < -0.4 is 0 Å². The van der Waals surface area contributed by atoms with Gasteiger partial charge in [0, 0.05) is 0 Å². The number of fused-ring (bicyclic) bond motifs is 5. The van der Waals surface area contributed by atoms with E-state index in [1.54, 1.807) is 5.57 Å². The number of aliphatic hydroxyl groups excluding tert-OH is 1. The van der Waals surface area contributed by atoms with Crippen molar-refractivity contribution in [2.24, 2.45) is 46.3 Å². The Labute approximate surface area is 179 Å². The van der Waals surface area contributed by atoms with Crippen LogP contribution in [0.25, 0.3) is 0 Å². The van der Waals surface area contributed by atoms with E-state index >= 15 is 0 Å². The fraction of sp³-hybridized carbons (Fsp3) is 0.786. The Hall–Kier alpha value is -0.820. The molecule has 162 valence electrons. The highest BCUT2D eigenvalue weighted by atomic mass is 16.3. The molecule has 4 rings (SSSR count). The summed E-state index contributed by atoms with van der Waals surface area (Å²) in [4.78, 5) is 0. The molecule has 1 nitrogen and oxygen atoms in total. The van der Waals surface area contributed by atoms with Crippen molar-refractivity contribution in [3.63, 3.8) is 0 Å². The van der Waals surface area contributed by atoms with E-state index in [2.05, 4.69) is 65.8 Å². The maximum absolute atomic E-state index is 10.2. The van der Waals surface area contributed by atoms with E-state index < -0.39 is 0 Å². The third-order valence-corrected chi connectivity index (χ3v) is 10.0. The van der Waals surface area contributed by atoms with Crippen LogP contribution in [0, 0.1) is 46.3 Å². The summed E-state index contributed by atoms with van der Waals surface area (Å²) >= 11 is 0. The highest BCUT2D eigenvalue weighted by molar-refractivity contribution is 5.39. The molecule has 0 saturated heterocycles. The molecule has 1 N–H and O–H groups in total. The Morgan fingerprint density at radius 2 is 1.69 bits per heavy atom. The Kier molecular flexibility index (Phi) is 5.69. The molecule has 0 heterocycles. The molecular formula is C28H44O. The second-order valence-corrected chi connectivity index (χ2v) is 11.9. The van der Waals surface area contributed by atoms with Gasteiger partial charge >= 0.3 is 0 Å². The molecule has 3 saturated carbocycles. The first-order valence-electron chi connectivity index (χ1n) is 12.4. The van der Waals surface area contributed by atoms with Crippen LogP contribution in [0.2, 0.25) is 0 Å². The maximum atomic E-state index is 10.2. The van der Waals surface area contributed by atoms with Crippen LogP contribution >= 0.6 is 0 Å². The quantitative estimate of drug-likeness (QED) is 0.493. The predicted molar refractivity (Wildman–Crippen MR) is 123 cm³/mol. The number of hydrogen-bond donors (Lipinski definition) is 1. The molecule has 4 aliphatic carbocycles. The van der Waals surface area contributed by atoms with Crippen LogP contribution in [-0.2, 0) is 0 Å². The van der Waals surface area contributed by atoms with Crippen molar-refractivity contribution in [2.75, 3.05) is 0 Å². The molecule has 0 aromatic heterocycles. The minimum Gasteiger partial charge on any atom is -0.393 e. The monoisotopic (exact) mass is 396 g/mol. The zero-order valence-corrected chi connectivity index (χ0v) is 19.7. The third-order valence-electron chi connectivity index (χ3n) is 10.0. The predicted octanol–water partition coefficient (Wildman–Crippen LogP) is 7.33. The highest BCUT2D eigenvalue weighted by Gasteiger charge is 2.56. The van der Waals surface area contributed by atoms with Gasteiger partial charge in [0.1, 0.15) is 0 Å². The van der Waals surface area contributed by atoms with Crippen LogP contribution in [0.15, 0.2) is 35.5 Å². The number of aliphatic hydroxyl groups is 1. The first kappa shape index (κ1) is 21.4. The molecule has 0 aromatic rings. The summed E-state index contributed by atoms with van der Waals surface area (Å²) in [6, 6.07) is 0. The average molecular weight is 397 g/mol. The van der Waals surface area contributed by atoms with Gasteiger partial charge in [0.15, 0.2) is 0 Å². The van der Waals surface area contributed by atoms with Gasteiger partial charge in [-0.3, -0.25) is 0 Å². The van der Waals surface area contributed by atoms with E-state index in [4.69, 9.17) is 0 Å². The molecule has 1 heteroatoms. The lowest BCUT2D eigenvalue weighted by Crippen LogP contribution is -2.46. The van der Waals surface area contributed by atoms with Crippen molar-refractivity contribution < 1.29 is 5.11 Å². The molecule has 0 radical (unpaired) electrons. The van der Waals surface area contributed by atoms with Crippen molar-refractivity contribution >= 4 is 0 Å². The van der Waals surface area contributed by atoms with Crippen molar-refractivity contribution in [1.82, 2.24) is 0 Å². The van der Waals surface area contributed by atoms with E-state index in [0.717, 1.165) is 36.5 Å². The van der Waals surface area contributed by atoms with Crippen molar-refractivity contribution in [1.29, 1.82) is 0 Å². The van der Waals surface area contributed by atoms with Gasteiger partial charge in [-0.15, -0.1) is 0 Å². The van der Waals surface area contributed by atoms with Gasteiger partial charge in [-0.05, 0) is 91.3 Å². The number of hydrogen-bond acceptors (Lipinski definition) is 1. The van der Waals surface area contributed by atoms with Gasteiger partial charge in [-0.2, -0.15) is 0 Å². The van der Waals surface area contributed by atoms with E-state index in [-0.39, 0.29) is 6.10 Å².